The zero-order chi connectivity index (χ0) is 24.2. The van der Waals surface area contributed by atoms with Gasteiger partial charge in [0, 0.05) is 37.9 Å². The molecule has 1 N–H and O–H groups in total. The van der Waals surface area contributed by atoms with Crippen LogP contribution in [0.25, 0.3) is 0 Å². The Morgan fingerprint density at radius 1 is 1.18 bits per heavy atom. The van der Waals surface area contributed by atoms with Gasteiger partial charge in [-0.1, -0.05) is 0 Å². The van der Waals surface area contributed by atoms with Crippen LogP contribution >= 0.6 is 0 Å². The van der Waals surface area contributed by atoms with Gasteiger partial charge in [0.2, 0.25) is 5.88 Å². The topological polar surface area (TPSA) is 135 Å². The van der Waals surface area contributed by atoms with Crippen LogP contribution in [0.15, 0.2) is 35.5 Å². The second kappa shape index (κ2) is 9.62. The van der Waals surface area contributed by atoms with E-state index in [9.17, 15) is 18.5 Å². The molecule has 0 spiro atoms. The number of piperidine rings is 1. The summed E-state index contributed by atoms with van der Waals surface area (Å²) in [7, 11) is -3.31. The van der Waals surface area contributed by atoms with Gasteiger partial charge in [0.25, 0.3) is 0 Å². The van der Waals surface area contributed by atoms with Crippen LogP contribution < -0.4 is 10.1 Å². The Hall–Kier alpha value is -3.39. The van der Waals surface area contributed by atoms with Crippen molar-refractivity contribution in [1.82, 2.24) is 14.9 Å². The fourth-order valence-corrected chi connectivity index (χ4v) is 3.85. The van der Waals surface area contributed by atoms with Crippen LogP contribution in [0.2, 0.25) is 0 Å². The Labute approximate surface area is 193 Å². The van der Waals surface area contributed by atoms with Crippen LogP contribution in [0.5, 0.6) is 5.88 Å². The normalized spacial score (nSPS) is 14.9. The number of benzene rings is 1. The minimum absolute atomic E-state index is 0.138. The molecule has 1 aliphatic rings. The van der Waals surface area contributed by atoms with Crippen LogP contribution in [0, 0.1) is 11.3 Å². The first-order chi connectivity index (χ1) is 15.5. The van der Waals surface area contributed by atoms with E-state index in [0.717, 1.165) is 6.26 Å². The fraction of sp³-hybridized carbons (Fsp3) is 0.455. The van der Waals surface area contributed by atoms with E-state index < -0.39 is 15.4 Å². The van der Waals surface area contributed by atoms with E-state index >= 15 is 0 Å². The second-order valence-corrected chi connectivity index (χ2v) is 10.7. The van der Waals surface area contributed by atoms with Gasteiger partial charge in [-0.2, -0.15) is 5.26 Å². The highest BCUT2D eigenvalue weighted by Crippen LogP contribution is 2.27. The quantitative estimate of drug-likeness (QED) is 0.694. The zero-order valence-corrected chi connectivity index (χ0v) is 19.8. The number of likely N-dealkylation sites (tertiary alicyclic amines) is 1. The van der Waals surface area contributed by atoms with Gasteiger partial charge in [0.1, 0.15) is 24.1 Å². The maximum atomic E-state index is 12.2. The van der Waals surface area contributed by atoms with Gasteiger partial charge >= 0.3 is 6.09 Å². The molecule has 1 aromatic heterocycles. The number of hydrogen-bond acceptors (Lipinski definition) is 9. The summed E-state index contributed by atoms with van der Waals surface area (Å²) in [5, 5.41) is 12.7. The molecule has 1 aliphatic heterocycles. The van der Waals surface area contributed by atoms with Gasteiger partial charge in [-0.25, -0.2) is 23.2 Å². The summed E-state index contributed by atoms with van der Waals surface area (Å²) in [5.74, 6) is 0.402. The van der Waals surface area contributed by atoms with Crippen molar-refractivity contribution in [3.05, 3.63) is 36.2 Å². The van der Waals surface area contributed by atoms with E-state index in [-0.39, 0.29) is 34.4 Å². The molecule has 0 radical (unpaired) electrons. The molecule has 176 valence electrons. The lowest BCUT2D eigenvalue weighted by molar-refractivity contribution is 0.0123. The van der Waals surface area contributed by atoms with Crippen molar-refractivity contribution in [2.45, 2.75) is 50.2 Å². The number of nitriles is 1. The Bertz CT molecular complexity index is 1150. The molecule has 1 aromatic carbocycles. The van der Waals surface area contributed by atoms with Crippen LogP contribution in [0.4, 0.5) is 16.3 Å². The van der Waals surface area contributed by atoms with E-state index in [4.69, 9.17) is 9.47 Å². The minimum Gasteiger partial charge on any atom is -0.473 e. The molecular weight excluding hydrogens is 446 g/mol. The summed E-state index contributed by atoms with van der Waals surface area (Å²) in [4.78, 5) is 22.3. The standard InChI is InChI=1S/C22H27N5O5S/c1-22(2,3)32-21(28)27-11-9-16(10-12-27)31-20-18(13-23)19(24-14-25-20)26-15-5-7-17(8-6-15)33(4,29)30/h5-8,14,16H,9-12H2,1-4H3,(H,24,25,26). The Balaban J connectivity index is 1.66. The molecule has 2 aromatic rings. The zero-order valence-electron chi connectivity index (χ0n) is 19.0. The van der Waals surface area contributed by atoms with E-state index in [1.807, 2.05) is 20.8 Å². The predicted octanol–water partition coefficient (Wildman–Crippen LogP) is 3.27. The molecule has 1 amide bonds. The van der Waals surface area contributed by atoms with Gasteiger partial charge in [-0.15, -0.1) is 0 Å². The summed E-state index contributed by atoms with van der Waals surface area (Å²) in [6, 6.07) is 8.20. The summed E-state index contributed by atoms with van der Waals surface area (Å²) >= 11 is 0. The number of nitrogens with zero attached hydrogens (tertiary/aromatic N) is 4. The van der Waals surface area contributed by atoms with E-state index in [1.165, 1.54) is 18.5 Å². The number of amides is 1. The lowest BCUT2D eigenvalue weighted by Crippen LogP contribution is -2.44. The second-order valence-electron chi connectivity index (χ2n) is 8.72. The molecule has 0 aliphatic carbocycles. The van der Waals surface area contributed by atoms with Crippen LogP contribution in [0.1, 0.15) is 39.2 Å². The van der Waals surface area contributed by atoms with Gasteiger partial charge < -0.3 is 19.7 Å². The van der Waals surface area contributed by atoms with Crippen molar-refractivity contribution < 1.29 is 22.7 Å². The minimum atomic E-state index is -3.31. The molecule has 0 unspecified atom stereocenters. The molecule has 0 bridgehead atoms. The van der Waals surface area contributed by atoms with Gasteiger partial charge in [0.15, 0.2) is 21.2 Å². The smallest absolute Gasteiger partial charge is 0.410 e. The third-order valence-electron chi connectivity index (χ3n) is 4.84. The van der Waals surface area contributed by atoms with Crippen LogP contribution in [0.3, 0.4) is 0 Å². The third-order valence-corrected chi connectivity index (χ3v) is 5.97. The number of anilines is 2. The number of rotatable bonds is 5. The summed E-state index contributed by atoms with van der Waals surface area (Å²) in [5.41, 5.74) is 0.148. The van der Waals surface area contributed by atoms with Crippen molar-refractivity contribution in [1.29, 1.82) is 5.26 Å². The summed E-state index contributed by atoms with van der Waals surface area (Å²) in [6.45, 7) is 6.43. The number of hydrogen-bond donors (Lipinski definition) is 1. The number of sulfone groups is 1. The molecule has 1 saturated heterocycles. The Morgan fingerprint density at radius 2 is 1.82 bits per heavy atom. The lowest BCUT2D eigenvalue weighted by Gasteiger charge is -2.33. The predicted molar refractivity (Wildman–Crippen MR) is 121 cm³/mol. The highest BCUT2D eigenvalue weighted by atomic mass is 32.2. The third kappa shape index (κ3) is 6.55. The van der Waals surface area contributed by atoms with Gasteiger partial charge in [-0.3, -0.25) is 0 Å². The van der Waals surface area contributed by atoms with E-state index in [1.54, 1.807) is 17.0 Å². The Kier molecular flexibility index (Phi) is 7.07. The molecule has 2 heterocycles. The Morgan fingerprint density at radius 3 is 2.36 bits per heavy atom. The molecule has 0 saturated carbocycles. The van der Waals surface area contributed by atoms with E-state index in [0.29, 0.717) is 31.6 Å². The molecule has 0 atom stereocenters. The number of nitrogens with one attached hydrogen (secondary N) is 1. The fourth-order valence-electron chi connectivity index (χ4n) is 3.22. The number of ether oxygens (including phenoxy) is 2. The van der Waals surface area contributed by atoms with Crippen molar-refractivity contribution in [3.63, 3.8) is 0 Å². The van der Waals surface area contributed by atoms with Crippen molar-refractivity contribution in [2.24, 2.45) is 0 Å². The van der Waals surface area contributed by atoms with Crippen LogP contribution in [-0.2, 0) is 14.6 Å². The number of carbonyl (C=O) groups is 1. The maximum absolute atomic E-state index is 12.2. The lowest BCUT2D eigenvalue weighted by atomic mass is 10.1. The average molecular weight is 474 g/mol. The summed E-state index contributed by atoms with van der Waals surface area (Å²) in [6.07, 6.45) is 3.00. The van der Waals surface area contributed by atoms with Crippen molar-refractivity contribution in [3.8, 4) is 11.9 Å². The first-order valence-electron chi connectivity index (χ1n) is 10.4. The average Bonchev–Trinajstić information content (AvgIpc) is 2.73. The molecule has 11 heteroatoms. The van der Waals surface area contributed by atoms with E-state index in [2.05, 4.69) is 21.4 Å². The molecule has 10 nitrogen and oxygen atoms in total. The van der Waals surface area contributed by atoms with Gasteiger partial charge in [0.05, 0.1) is 4.90 Å². The number of aromatic nitrogens is 2. The largest absolute Gasteiger partial charge is 0.473 e. The highest BCUT2D eigenvalue weighted by Gasteiger charge is 2.28. The SMILES string of the molecule is CC(C)(C)OC(=O)N1CCC(Oc2ncnc(Nc3ccc(S(C)(=O)=O)cc3)c2C#N)CC1. The van der Waals surface area contributed by atoms with Gasteiger partial charge in [-0.05, 0) is 45.0 Å². The molecular formula is C22H27N5O5S. The maximum Gasteiger partial charge on any atom is 0.410 e. The molecule has 1 fully saturated rings. The molecule has 3 rings (SSSR count). The highest BCUT2D eigenvalue weighted by molar-refractivity contribution is 7.90. The first-order valence-corrected chi connectivity index (χ1v) is 12.3. The van der Waals surface area contributed by atoms with Crippen LogP contribution in [-0.4, -0.2) is 60.4 Å². The number of carbonyl (C=O) groups excluding carboxylic acids is 1. The monoisotopic (exact) mass is 473 g/mol. The van der Waals surface area contributed by atoms with Crippen molar-refractivity contribution >= 4 is 27.4 Å². The molecule has 33 heavy (non-hydrogen) atoms. The first kappa shape index (κ1) is 24.3. The summed E-state index contributed by atoms with van der Waals surface area (Å²) < 4.78 is 34.6. The van der Waals surface area contributed by atoms with Crippen molar-refractivity contribution in [2.75, 3.05) is 24.7 Å².